The molecule has 6 nitrogen and oxygen atoms in total. The molecule has 0 aliphatic carbocycles. The Morgan fingerprint density at radius 3 is 2.32 bits per heavy atom. The fraction of sp³-hybridized carbons (Fsp3) is 0.350. The highest BCUT2D eigenvalue weighted by atomic mass is 35.5. The van der Waals surface area contributed by atoms with Crippen molar-refractivity contribution >= 4 is 38.9 Å². The number of carbonyl (C=O) groups excluding carboxylic acids is 1. The van der Waals surface area contributed by atoms with Crippen molar-refractivity contribution in [2.45, 2.75) is 17.5 Å². The number of amides is 1. The lowest BCUT2D eigenvalue weighted by Gasteiger charge is -2.35. The lowest BCUT2D eigenvalue weighted by molar-refractivity contribution is -0.170. The summed E-state index contributed by atoms with van der Waals surface area (Å²) in [5, 5.41) is 0.601. The Hall–Kier alpha value is -2.30. The molecule has 0 atom stereocenters. The zero-order valence-corrected chi connectivity index (χ0v) is 17.8. The molecule has 0 saturated carbocycles. The van der Waals surface area contributed by atoms with E-state index in [0.717, 1.165) is 5.69 Å². The first-order valence-electron chi connectivity index (χ1n) is 9.59. The van der Waals surface area contributed by atoms with Crippen molar-refractivity contribution in [2.75, 3.05) is 42.5 Å². The maximum atomic E-state index is 13.1. The first-order valence-corrected chi connectivity index (χ1v) is 11.4. The quantitative estimate of drug-likeness (QED) is 0.686. The molecule has 166 valence electrons. The van der Waals surface area contributed by atoms with Crippen LogP contribution in [-0.4, -0.2) is 57.5 Å². The average Bonchev–Trinajstić information content (AvgIpc) is 3.15. The number of fused-ring (bicyclic) bond motifs is 1. The molecule has 0 spiro atoms. The predicted octanol–water partition coefficient (Wildman–Crippen LogP) is 3.30. The van der Waals surface area contributed by atoms with Gasteiger partial charge in [-0.3, -0.25) is 4.79 Å². The standard InChI is InChI=1S/C20H19ClF3N3O3S/c21-15-2-1-3-16(13-15)25-8-10-26(11-9-25)31(29,30)17-4-5-18-14(12-17)6-7-27(18)19(28)20(22,23)24/h1-5,12-13H,6-11H2. The van der Waals surface area contributed by atoms with E-state index in [1.54, 1.807) is 6.07 Å². The van der Waals surface area contributed by atoms with E-state index in [1.165, 1.54) is 22.5 Å². The van der Waals surface area contributed by atoms with E-state index >= 15 is 0 Å². The molecule has 0 unspecified atom stereocenters. The summed E-state index contributed by atoms with van der Waals surface area (Å²) < 4.78 is 65.9. The van der Waals surface area contributed by atoms with Crippen molar-refractivity contribution in [3.63, 3.8) is 0 Å². The number of anilines is 2. The molecule has 2 aromatic rings. The van der Waals surface area contributed by atoms with Gasteiger partial charge in [0.25, 0.3) is 0 Å². The third-order valence-corrected chi connectivity index (χ3v) is 7.61. The normalized spacial score (nSPS) is 17.7. The molecule has 1 fully saturated rings. The average molecular weight is 474 g/mol. The van der Waals surface area contributed by atoms with Crippen LogP contribution in [0.5, 0.6) is 0 Å². The number of rotatable bonds is 3. The lowest BCUT2D eigenvalue weighted by atomic mass is 10.2. The summed E-state index contributed by atoms with van der Waals surface area (Å²) in [5.41, 5.74) is 1.43. The fourth-order valence-corrected chi connectivity index (χ4v) is 5.57. The van der Waals surface area contributed by atoms with Gasteiger partial charge in [-0.1, -0.05) is 17.7 Å². The minimum absolute atomic E-state index is 0.0174. The molecule has 0 radical (unpaired) electrons. The molecule has 11 heteroatoms. The van der Waals surface area contributed by atoms with Crippen LogP contribution < -0.4 is 9.80 Å². The topological polar surface area (TPSA) is 60.9 Å². The summed E-state index contributed by atoms with van der Waals surface area (Å²) in [4.78, 5) is 14.3. The van der Waals surface area contributed by atoms with E-state index in [0.29, 0.717) is 28.6 Å². The second-order valence-electron chi connectivity index (χ2n) is 7.37. The van der Waals surface area contributed by atoms with Crippen molar-refractivity contribution in [3.8, 4) is 0 Å². The summed E-state index contributed by atoms with van der Waals surface area (Å²) in [7, 11) is -3.81. The molecule has 31 heavy (non-hydrogen) atoms. The van der Waals surface area contributed by atoms with Gasteiger partial charge in [0, 0.05) is 49.1 Å². The van der Waals surface area contributed by atoms with Gasteiger partial charge < -0.3 is 9.80 Å². The number of alkyl halides is 3. The zero-order valence-electron chi connectivity index (χ0n) is 16.3. The maximum absolute atomic E-state index is 13.1. The number of benzene rings is 2. The third kappa shape index (κ3) is 4.24. The summed E-state index contributed by atoms with van der Waals surface area (Å²) >= 11 is 6.03. The van der Waals surface area contributed by atoms with Gasteiger partial charge in [0.15, 0.2) is 0 Å². The number of hydrogen-bond donors (Lipinski definition) is 0. The summed E-state index contributed by atoms with van der Waals surface area (Å²) in [5.74, 6) is -1.95. The van der Waals surface area contributed by atoms with E-state index < -0.39 is 22.1 Å². The number of sulfonamides is 1. The van der Waals surface area contributed by atoms with E-state index in [2.05, 4.69) is 0 Å². The molecular weight excluding hydrogens is 455 g/mol. The van der Waals surface area contributed by atoms with Crippen LogP contribution in [-0.2, 0) is 21.2 Å². The van der Waals surface area contributed by atoms with Crippen molar-refractivity contribution < 1.29 is 26.4 Å². The van der Waals surface area contributed by atoms with Crippen LogP contribution in [0.25, 0.3) is 0 Å². The lowest BCUT2D eigenvalue weighted by Crippen LogP contribution is -2.48. The first kappa shape index (κ1) is 21.9. The second-order valence-corrected chi connectivity index (χ2v) is 9.74. The molecule has 0 N–H and O–H groups in total. The largest absolute Gasteiger partial charge is 0.471 e. The maximum Gasteiger partial charge on any atom is 0.471 e. The van der Waals surface area contributed by atoms with Gasteiger partial charge in [-0.05, 0) is 48.4 Å². The molecular formula is C20H19ClF3N3O3S. The van der Waals surface area contributed by atoms with Gasteiger partial charge >= 0.3 is 12.1 Å². The van der Waals surface area contributed by atoms with Crippen LogP contribution in [0.1, 0.15) is 5.56 Å². The highest BCUT2D eigenvalue weighted by Gasteiger charge is 2.45. The molecule has 1 saturated heterocycles. The van der Waals surface area contributed by atoms with Crippen LogP contribution in [0.2, 0.25) is 5.02 Å². The summed E-state index contributed by atoms with van der Waals surface area (Å²) in [6.45, 7) is 1.38. The molecule has 2 aliphatic rings. The zero-order chi connectivity index (χ0) is 22.4. The number of nitrogens with zero attached hydrogens (tertiary/aromatic N) is 3. The van der Waals surface area contributed by atoms with Crippen molar-refractivity contribution in [3.05, 3.63) is 53.1 Å². The SMILES string of the molecule is O=C(N1CCc2cc(S(=O)(=O)N3CCN(c4cccc(Cl)c4)CC3)ccc21)C(F)(F)F. The second kappa shape index (κ2) is 7.99. The Balaban J connectivity index is 1.50. The van der Waals surface area contributed by atoms with Gasteiger partial charge in [0.05, 0.1) is 4.90 Å². The molecule has 0 bridgehead atoms. The van der Waals surface area contributed by atoms with Crippen LogP contribution >= 0.6 is 11.6 Å². The van der Waals surface area contributed by atoms with E-state index in [4.69, 9.17) is 11.6 Å². The van der Waals surface area contributed by atoms with E-state index in [9.17, 15) is 26.4 Å². The van der Waals surface area contributed by atoms with Gasteiger partial charge in [-0.2, -0.15) is 17.5 Å². The number of piperazine rings is 1. The van der Waals surface area contributed by atoms with Gasteiger partial charge in [-0.15, -0.1) is 0 Å². The summed E-state index contributed by atoms with van der Waals surface area (Å²) in [6, 6.07) is 11.2. The summed E-state index contributed by atoms with van der Waals surface area (Å²) in [6.07, 6.45) is -4.81. The molecule has 2 aromatic carbocycles. The smallest absolute Gasteiger partial charge is 0.369 e. The Bertz CT molecular complexity index is 1120. The van der Waals surface area contributed by atoms with E-state index in [-0.39, 0.29) is 36.6 Å². The van der Waals surface area contributed by atoms with Crippen molar-refractivity contribution in [2.24, 2.45) is 0 Å². The highest BCUT2D eigenvalue weighted by molar-refractivity contribution is 7.89. The first-order chi connectivity index (χ1) is 14.6. The van der Waals surface area contributed by atoms with Crippen LogP contribution in [0.3, 0.4) is 0 Å². The fourth-order valence-electron chi connectivity index (χ4n) is 3.91. The highest BCUT2D eigenvalue weighted by Crippen LogP contribution is 2.34. The molecule has 2 aliphatic heterocycles. The van der Waals surface area contributed by atoms with Crippen LogP contribution in [0, 0.1) is 0 Å². The number of carbonyl (C=O) groups is 1. The van der Waals surface area contributed by atoms with E-state index in [1.807, 2.05) is 23.1 Å². The monoisotopic (exact) mass is 473 g/mol. The van der Waals surface area contributed by atoms with Crippen LogP contribution in [0.15, 0.2) is 47.4 Å². The van der Waals surface area contributed by atoms with Gasteiger partial charge in [0.1, 0.15) is 0 Å². The Kier molecular flexibility index (Phi) is 5.65. The predicted molar refractivity (Wildman–Crippen MR) is 111 cm³/mol. The van der Waals surface area contributed by atoms with Gasteiger partial charge in [-0.25, -0.2) is 8.42 Å². The van der Waals surface area contributed by atoms with Gasteiger partial charge in [0.2, 0.25) is 10.0 Å². The third-order valence-electron chi connectivity index (χ3n) is 5.48. The molecule has 1 amide bonds. The number of hydrogen-bond acceptors (Lipinski definition) is 4. The Morgan fingerprint density at radius 1 is 0.968 bits per heavy atom. The Morgan fingerprint density at radius 2 is 1.68 bits per heavy atom. The van der Waals surface area contributed by atoms with Crippen molar-refractivity contribution in [1.82, 2.24) is 4.31 Å². The van der Waals surface area contributed by atoms with Crippen LogP contribution in [0.4, 0.5) is 24.5 Å². The molecule has 0 aromatic heterocycles. The minimum atomic E-state index is -4.98. The minimum Gasteiger partial charge on any atom is -0.369 e. The molecule has 4 rings (SSSR count). The Labute approximate surface area is 182 Å². The van der Waals surface area contributed by atoms with Crippen molar-refractivity contribution in [1.29, 1.82) is 0 Å². The molecule has 2 heterocycles. The number of halogens is 4.